The maximum atomic E-state index is 12.6. The molecule has 2 fully saturated rings. The molecule has 6 heteroatoms. The van der Waals surface area contributed by atoms with Crippen LogP contribution in [-0.4, -0.2) is 48.7 Å². The van der Waals surface area contributed by atoms with Crippen molar-refractivity contribution in [2.45, 2.75) is 44.9 Å². The first-order valence-corrected chi connectivity index (χ1v) is 11.3. The summed E-state index contributed by atoms with van der Waals surface area (Å²) in [7, 11) is 0. The molecular weight excluding hydrogens is 376 g/mol. The third kappa shape index (κ3) is 3.93. The monoisotopic (exact) mass is 406 g/mol. The Kier molecular flexibility index (Phi) is 5.42. The fourth-order valence-electron chi connectivity index (χ4n) is 5.20. The number of nitrogens with one attached hydrogen (secondary N) is 1. The summed E-state index contributed by atoms with van der Waals surface area (Å²) in [5.41, 5.74) is 3.21. The Morgan fingerprint density at radius 2 is 1.90 bits per heavy atom. The van der Waals surface area contributed by atoms with Gasteiger partial charge in [-0.25, -0.2) is 9.97 Å². The number of benzene rings is 1. The van der Waals surface area contributed by atoms with Crippen molar-refractivity contribution in [1.82, 2.24) is 15.3 Å². The fraction of sp³-hybridized carbons (Fsp3) is 0.542. The lowest BCUT2D eigenvalue weighted by atomic mass is 9.74. The van der Waals surface area contributed by atoms with E-state index in [2.05, 4.69) is 34.5 Å². The summed E-state index contributed by atoms with van der Waals surface area (Å²) in [5, 5.41) is 2.96. The minimum atomic E-state index is -0.0568. The SMILES string of the molecule is O=C1NCCc2c1nc(CCc1ccccc1)nc2N1CCCC2(CCOCC2)C1. The van der Waals surface area contributed by atoms with E-state index in [-0.39, 0.29) is 5.91 Å². The van der Waals surface area contributed by atoms with E-state index < -0.39 is 0 Å². The van der Waals surface area contributed by atoms with Gasteiger partial charge in [0.05, 0.1) is 0 Å². The number of piperidine rings is 1. The second-order valence-corrected chi connectivity index (χ2v) is 8.92. The highest BCUT2D eigenvalue weighted by Gasteiger charge is 2.38. The lowest BCUT2D eigenvalue weighted by molar-refractivity contribution is 0.00743. The normalized spacial score (nSPS) is 20.7. The van der Waals surface area contributed by atoms with Crippen LogP contribution in [0.3, 0.4) is 0 Å². The largest absolute Gasteiger partial charge is 0.381 e. The predicted octanol–water partition coefficient (Wildman–Crippen LogP) is 2.94. The first-order chi connectivity index (χ1) is 14.7. The quantitative estimate of drug-likeness (QED) is 0.846. The number of nitrogens with zero attached hydrogens (tertiary/aromatic N) is 3. The van der Waals surface area contributed by atoms with Crippen LogP contribution in [0.5, 0.6) is 0 Å². The van der Waals surface area contributed by atoms with Gasteiger partial charge in [-0.05, 0) is 49.5 Å². The highest BCUT2D eigenvalue weighted by atomic mass is 16.5. The molecule has 5 rings (SSSR count). The van der Waals surface area contributed by atoms with Crippen molar-refractivity contribution in [3.8, 4) is 0 Å². The van der Waals surface area contributed by atoms with E-state index in [4.69, 9.17) is 14.7 Å². The molecule has 2 aromatic rings. The van der Waals surface area contributed by atoms with Crippen molar-refractivity contribution in [3.05, 3.63) is 53.0 Å². The summed E-state index contributed by atoms with van der Waals surface area (Å²) in [5.74, 6) is 1.72. The van der Waals surface area contributed by atoms with Gasteiger partial charge in [0.15, 0.2) is 0 Å². The molecule has 0 saturated carbocycles. The van der Waals surface area contributed by atoms with Crippen LogP contribution >= 0.6 is 0 Å². The molecule has 3 aliphatic heterocycles. The van der Waals surface area contributed by atoms with Crippen molar-refractivity contribution >= 4 is 11.7 Å². The number of aryl methyl sites for hydroxylation is 2. The third-order valence-corrected chi connectivity index (χ3v) is 6.90. The van der Waals surface area contributed by atoms with E-state index in [1.807, 2.05) is 6.07 Å². The molecule has 6 nitrogen and oxygen atoms in total. The number of amides is 1. The molecule has 0 unspecified atom stereocenters. The van der Waals surface area contributed by atoms with Crippen LogP contribution in [0.25, 0.3) is 0 Å². The van der Waals surface area contributed by atoms with E-state index in [0.29, 0.717) is 17.7 Å². The average Bonchev–Trinajstić information content (AvgIpc) is 2.79. The zero-order chi connectivity index (χ0) is 20.4. The predicted molar refractivity (Wildman–Crippen MR) is 116 cm³/mol. The van der Waals surface area contributed by atoms with Gasteiger partial charge in [-0.1, -0.05) is 30.3 Å². The Balaban J connectivity index is 1.45. The summed E-state index contributed by atoms with van der Waals surface area (Å²) in [6.45, 7) is 4.41. The number of rotatable bonds is 4. The van der Waals surface area contributed by atoms with Crippen molar-refractivity contribution in [3.63, 3.8) is 0 Å². The van der Waals surface area contributed by atoms with Gasteiger partial charge in [0.25, 0.3) is 5.91 Å². The molecular formula is C24H30N4O2. The van der Waals surface area contributed by atoms with Gasteiger partial charge in [0.1, 0.15) is 17.3 Å². The number of aromatic nitrogens is 2. The van der Waals surface area contributed by atoms with Crippen LogP contribution in [-0.2, 0) is 24.0 Å². The van der Waals surface area contributed by atoms with Gasteiger partial charge < -0.3 is 15.0 Å². The highest BCUT2D eigenvalue weighted by molar-refractivity contribution is 5.96. The molecule has 3 aliphatic rings. The van der Waals surface area contributed by atoms with Gasteiger partial charge in [0, 0.05) is 44.8 Å². The topological polar surface area (TPSA) is 67.4 Å². The molecule has 0 aliphatic carbocycles. The summed E-state index contributed by atoms with van der Waals surface area (Å²) in [4.78, 5) is 24.8. The summed E-state index contributed by atoms with van der Waals surface area (Å²) in [6, 6.07) is 10.4. The van der Waals surface area contributed by atoms with Crippen LogP contribution in [0.2, 0.25) is 0 Å². The maximum Gasteiger partial charge on any atom is 0.270 e. The molecule has 30 heavy (non-hydrogen) atoms. The van der Waals surface area contributed by atoms with Crippen LogP contribution in [0.1, 0.15) is 53.1 Å². The summed E-state index contributed by atoms with van der Waals surface area (Å²) in [6.07, 6.45) is 7.11. The molecule has 2 saturated heterocycles. The smallest absolute Gasteiger partial charge is 0.270 e. The lowest BCUT2D eigenvalue weighted by Crippen LogP contribution is -2.47. The minimum Gasteiger partial charge on any atom is -0.381 e. The van der Waals surface area contributed by atoms with Crippen molar-refractivity contribution in [2.75, 3.05) is 37.7 Å². The molecule has 0 atom stereocenters. The number of fused-ring (bicyclic) bond motifs is 1. The van der Waals surface area contributed by atoms with E-state index in [1.54, 1.807) is 0 Å². The Bertz CT molecular complexity index is 903. The second-order valence-electron chi connectivity index (χ2n) is 8.92. The van der Waals surface area contributed by atoms with Crippen molar-refractivity contribution < 1.29 is 9.53 Å². The second kappa shape index (κ2) is 8.34. The molecule has 1 N–H and O–H groups in total. The molecule has 0 radical (unpaired) electrons. The molecule has 1 aromatic carbocycles. The Labute approximate surface area is 178 Å². The zero-order valence-corrected chi connectivity index (χ0v) is 17.5. The first-order valence-electron chi connectivity index (χ1n) is 11.3. The Morgan fingerprint density at radius 3 is 2.73 bits per heavy atom. The zero-order valence-electron chi connectivity index (χ0n) is 17.5. The molecule has 1 amide bonds. The lowest BCUT2D eigenvalue weighted by Gasteiger charge is -2.46. The molecule has 0 bridgehead atoms. The number of hydrogen-bond donors (Lipinski definition) is 1. The van der Waals surface area contributed by atoms with Gasteiger partial charge in [-0.2, -0.15) is 0 Å². The van der Waals surface area contributed by atoms with Crippen LogP contribution in [0.4, 0.5) is 5.82 Å². The van der Waals surface area contributed by atoms with Gasteiger partial charge in [-0.15, -0.1) is 0 Å². The summed E-state index contributed by atoms with van der Waals surface area (Å²) < 4.78 is 5.64. The first kappa shape index (κ1) is 19.5. The van der Waals surface area contributed by atoms with Gasteiger partial charge in [-0.3, -0.25) is 4.79 Å². The van der Waals surface area contributed by atoms with E-state index >= 15 is 0 Å². The number of carbonyl (C=O) groups excluding carboxylic acids is 1. The standard InChI is InChI=1S/C24H30N4O2/c29-23-21-19(9-13-25-23)22(27-20(26-21)8-7-18-5-2-1-3-6-18)28-14-4-10-24(17-28)11-15-30-16-12-24/h1-3,5-6H,4,7-17H2,(H,25,29). The molecule has 1 aromatic heterocycles. The molecule has 158 valence electrons. The number of anilines is 1. The third-order valence-electron chi connectivity index (χ3n) is 6.90. The highest BCUT2D eigenvalue weighted by Crippen LogP contribution is 2.41. The fourth-order valence-corrected chi connectivity index (χ4v) is 5.20. The number of ether oxygens (including phenoxy) is 1. The number of carbonyl (C=O) groups is 1. The minimum absolute atomic E-state index is 0.0568. The van der Waals surface area contributed by atoms with Crippen LogP contribution in [0, 0.1) is 5.41 Å². The molecule has 1 spiro atoms. The van der Waals surface area contributed by atoms with E-state index in [0.717, 1.165) is 75.6 Å². The Morgan fingerprint density at radius 1 is 1.07 bits per heavy atom. The maximum absolute atomic E-state index is 12.6. The van der Waals surface area contributed by atoms with Crippen LogP contribution < -0.4 is 10.2 Å². The summed E-state index contributed by atoms with van der Waals surface area (Å²) >= 11 is 0. The Hall–Kier alpha value is -2.47. The average molecular weight is 407 g/mol. The van der Waals surface area contributed by atoms with Gasteiger partial charge in [0.2, 0.25) is 0 Å². The molecule has 4 heterocycles. The van der Waals surface area contributed by atoms with E-state index in [1.165, 1.54) is 18.4 Å². The van der Waals surface area contributed by atoms with Gasteiger partial charge >= 0.3 is 0 Å². The van der Waals surface area contributed by atoms with Crippen molar-refractivity contribution in [1.29, 1.82) is 0 Å². The van der Waals surface area contributed by atoms with Crippen molar-refractivity contribution in [2.24, 2.45) is 5.41 Å². The van der Waals surface area contributed by atoms with E-state index in [9.17, 15) is 4.79 Å². The number of hydrogen-bond acceptors (Lipinski definition) is 5. The van der Waals surface area contributed by atoms with Crippen LogP contribution in [0.15, 0.2) is 30.3 Å².